The Morgan fingerprint density at radius 2 is 1.19 bits per heavy atom. The lowest BCUT2D eigenvalue weighted by molar-refractivity contribution is -0.292. The lowest BCUT2D eigenvalue weighted by Crippen LogP contribution is -2.35. The van der Waals surface area contributed by atoms with Crippen molar-refractivity contribution in [3.63, 3.8) is 0 Å². The average molecular weight is 818 g/mol. The number of anilines is 1. The van der Waals surface area contributed by atoms with E-state index in [1.807, 2.05) is 24.3 Å². The second-order valence-corrected chi connectivity index (χ2v) is 18.3. The Kier molecular flexibility index (Phi) is 19.6. The predicted octanol–water partition coefficient (Wildman–Crippen LogP) is 12.1. The summed E-state index contributed by atoms with van der Waals surface area (Å²) in [6.45, 7) is 13.6. The van der Waals surface area contributed by atoms with E-state index in [9.17, 15) is 9.90 Å². The van der Waals surface area contributed by atoms with Crippen molar-refractivity contribution in [3.05, 3.63) is 115 Å². The van der Waals surface area contributed by atoms with Crippen LogP contribution in [0.5, 0.6) is 0 Å². The zero-order chi connectivity index (χ0) is 41.0. The maximum absolute atomic E-state index is 13.4. The molecule has 0 N–H and O–H groups in total. The van der Waals surface area contributed by atoms with Crippen molar-refractivity contribution in [2.45, 2.75) is 136 Å². The van der Waals surface area contributed by atoms with E-state index in [0.717, 1.165) is 56.1 Å². The highest BCUT2D eigenvalue weighted by Gasteiger charge is 2.30. The van der Waals surface area contributed by atoms with E-state index in [1.54, 1.807) is 0 Å². The molecule has 312 valence electrons. The maximum Gasteiger partial charge on any atom is 0.194 e. The molecule has 0 saturated heterocycles. The summed E-state index contributed by atoms with van der Waals surface area (Å²) < 4.78 is 1.78. The van der Waals surface area contributed by atoms with Gasteiger partial charge in [-0.05, 0) is 98.5 Å². The minimum Gasteiger partial charge on any atom is -0.871 e. The fourth-order valence-electron chi connectivity index (χ4n) is 7.76. The highest BCUT2D eigenvalue weighted by molar-refractivity contribution is 7.14. The monoisotopic (exact) mass is 817 g/mol. The molecule has 0 radical (unpaired) electrons. The van der Waals surface area contributed by atoms with Crippen molar-refractivity contribution in [2.24, 2.45) is 0 Å². The van der Waals surface area contributed by atoms with E-state index >= 15 is 0 Å². The molecule has 0 atom stereocenters. The number of hydrogen-bond acceptors (Lipinski definition) is 6. The molecule has 0 saturated carbocycles. The van der Waals surface area contributed by atoms with Crippen LogP contribution < -0.4 is 19.1 Å². The number of benzene rings is 1. The summed E-state index contributed by atoms with van der Waals surface area (Å²) in [6.07, 6.45) is 38.1. The molecule has 0 fully saturated rings. The fraction of sp³-hybridized carbons (Fsp3) is 0.481. The second kappa shape index (κ2) is 25.0. The summed E-state index contributed by atoms with van der Waals surface area (Å²) >= 11 is 3.01. The molecule has 3 aromatic rings. The van der Waals surface area contributed by atoms with Crippen molar-refractivity contribution < 1.29 is 9.90 Å². The van der Waals surface area contributed by atoms with Gasteiger partial charge >= 0.3 is 0 Å². The Hall–Kier alpha value is -3.71. The first kappa shape index (κ1) is 45.4. The first-order chi connectivity index (χ1) is 28.4. The molecular formula is C52H69N2O2S2-. The van der Waals surface area contributed by atoms with Gasteiger partial charge in [0.25, 0.3) is 0 Å². The summed E-state index contributed by atoms with van der Waals surface area (Å²) in [5.41, 5.74) is 4.25. The van der Waals surface area contributed by atoms with E-state index in [2.05, 4.69) is 110 Å². The molecule has 2 heterocycles. The van der Waals surface area contributed by atoms with Crippen molar-refractivity contribution in [2.75, 3.05) is 31.1 Å². The Morgan fingerprint density at radius 3 is 1.76 bits per heavy atom. The van der Waals surface area contributed by atoms with Gasteiger partial charge in [0.05, 0.1) is 0 Å². The minimum atomic E-state index is -0.142. The minimum absolute atomic E-state index is 0.142. The van der Waals surface area contributed by atoms with E-state index in [4.69, 9.17) is 0 Å². The lowest BCUT2D eigenvalue weighted by atomic mass is 9.87. The van der Waals surface area contributed by atoms with Gasteiger partial charge in [0.2, 0.25) is 0 Å². The molecule has 1 aromatic carbocycles. The Morgan fingerprint density at radius 1 is 0.603 bits per heavy atom. The van der Waals surface area contributed by atoms with Gasteiger partial charge in [0, 0.05) is 54.8 Å². The first-order valence-corrected chi connectivity index (χ1v) is 24.3. The number of unbranched alkanes of at least 4 members (excludes halogenated alkanes) is 12. The van der Waals surface area contributed by atoms with Crippen LogP contribution in [0.2, 0.25) is 0 Å². The Labute approximate surface area is 358 Å². The third-order valence-electron chi connectivity index (χ3n) is 11.3. The topological polar surface area (TPSA) is 46.6 Å². The van der Waals surface area contributed by atoms with Crippen LogP contribution >= 0.6 is 22.7 Å². The summed E-state index contributed by atoms with van der Waals surface area (Å²) in [4.78, 5) is 20.4. The van der Waals surface area contributed by atoms with Crippen molar-refractivity contribution in [3.8, 4) is 0 Å². The van der Waals surface area contributed by atoms with Crippen molar-refractivity contribution in [1.29, 1.82) is 0 Å². The van der Waals surface area contributed by atoms with Crippen molar-refractivity contribution in [1.82, 2.24) is 4.90 Å². The molecule has 0 spiro atoms. The molecule has 2 aromatic heterocycles. The van der Waals surface area contributed by atoms with Crippen LogP contribution in [-0.2, 0) is 4.79 Å². The van der Waals surface area contributed by atoms with Gasteiger partial charge in [0.15, 0.2) is 5.78 Å². The average Bonchev–Trinajstić information content (AvgIpc) is 3.91. The van der Waals surface area contributed by atoms with Gasteiger partial charge in [-0.3, -0.25) is 9.69 Å². The van der Waals surface area contributed by atoms with E-state index in [1.165, 1.54) is 131 Å². The van der Waals surface area contributed by atoms with Crippen LogP contribution in [0.25, 0.3) is 29.4 Å². The predicted molar refractivity (Wildman–Crippen MR) is 254 cm³/mol. The van der Waals surface area contributed by atoms with Gasteiger partial charge < -0.3 is 10.0 Å². The van der Waals surface area contributed by atoms with E-state index in [-0.39, 0.29) is 11.5 Å². The lowest BCUT2D eigenvalue weighted by Gasteiger charge is -2.29. The van der Waals surface area contributed by atoms with Crippen LogP contribution in [0.1, 0.15) is 146 Å². The molecule has 6 heteroatoms. The quantitative estimate of drug-likeness (QED) is 0.0757. The number of carbonyl (C=O) groups is 1. The van der Waals surface area contributed by atoms with Gasteiger partial charge in [-0.25, -0.2) is 0 Å². The summed E-state index contributed by atoms with van der Waals surface area (Å²) in [6, 6.07) is 17.1. The third kappa shape index (κ3) is 13.7. The van der Waals surface area contributed by atoms with E-state index in [0.29, 0.717) is 17.2 Å². The van der Waals surface area contributed by atoms with Crippen molar-refractivity contribution >= 4 is 63.5 Å². The normalized spacial score (nSPS) is 16.7. The molecule has 0 aliphatic heterocycles. The maximum atomic E-state index is 13.4. The van der Waals surface area contributed by atoms with Crippen LogP contribution in [0.3, 0.4) is 0 Å². The highest BCUT2D eigenvalue weighted by Crippen LogP contribution is 2.38. The van der Waals surface area contributed by atoms with E-state index < -0.39 is 0 Å². The van der Waals surface area contributed by atoms with Crippen LogP contribution in [0.4, 0.5) is 5.69 Å². The molecule has 0 unspecified atom stereocenters. The zero-order valence-electron chi connectivity index (χ0n) is 36.0. The zero-order valence-corrected chi connectivity index (χ0v) is 37.6. The number of hydrogen-bond donors (Lipinski definition) is 0. The number of nitrogens with zero attached hydrogens (tertiary/aromatic N) is 2. The number of allylic oxidation sites excluding steroid dienone is 6. The van der Waals surface area contributed by atoms with Gasteiger partial charge in [-0.1, -0.05) is 159 Å². The van der Waals surface area contributed by atoms with Crippen LogP contribution in [0, 0.1) is 0 Å². The third-order valence-corrected chi connectivity index (χ3v) is 13.5. The molecule has 2 aliphatic carbocycles. The summed E-state index contributed by atoms with van der Waals surface area (Å²) in [5.74, 6) is -0.284. The Balaban J connectivity index is 1.19. The van der Waals surface area contributed by atoms with Gasteiger partial charge in [0.1, 0.15) is 0 Å². The summed E-state index contributed by atoms with van der Waals surface area (Å²) in [5, 5.41) is 13.4. The molecule has 58 heavy (non-hydrogen) atoms. The smallest absolute Gasteiger partial charge is 0.194 e. The van der Waals surface area contributed by atoms with Crippen LogP contribution in [-0.4, -0.2) is 42.9 Å². The standard InChI is InChI=1S/C52H70N2O2S2/c1-5-9-13-17-37-53(38-18-14-10-6-2)43-27-21-41(22-28-43)25-31-45-33-35-47(57-45)49-51(55)50(52(49)56)48-36-34-46(58-48)32-26-42-23-29-44(30-24-42)54(39-19-15-11-7-3)40-20-16-12-8-4/h21-36,43,55H,5-20,37-40H2,1-4H3/p-1/b32-26+,41-25?,45-31+,49-47-. The molecular weight excluding hydrogens is 749 g/mol. The number of thiophene rings is 2. The largest absolute Gasteiger partial charge is 0.871 e. The molecule has 2 aliphatic rings. The van der Waals surface area contributed by atoms with Crippen LogP contribution in [0.15, 0.2) is 90.2 Å². The van der Waals surface area contributed by atoms with Gasteiger partial charge in [-0.2, -0.15) is 0 Å². The second-order valence-electron chi connectivity index (χ2n) is 16.0. The fourth-order valence-corrected chi connectivity index (χ4v) is 9.66. The molecule has 5 rings (SSSR count). The SMILES string of the molecule is CCCCCCN(CCCCCC)c1ccc(/C=C/c2ccc(C3=C([O-])/C(=c4\cc/c(=C\C=C5C=CC(N(CCCCCC)CCCCCC)C=C5)s4)C3=O)s2)cc1. The number of Topliss-reactive ketones (excluding diaryl/α,β-unsaturated/α-hetero) is 1. The molecule has 0 amide bonds. The highest BCUT2D eigenvalue weighted by atomic mass is 32.1. The number of ketones is 1. The summed E-state index contributed by atoms with van der Waals surface area (Å²) in [7, 11) is 0. The Bertz CT molecular complexity index is 1950. The number of rotatable bonds is 26. The number of carbonyl (C=O) groups excluding carboxylic acids is 1. The molecule has 4 nitrogen and oxygen atoms in total. The molecule has 0 bridgehead atoms. The van der Waals surface area contributed by atoms with Gasteiger partial charge in [-0.15, -0.1) is 22.7 Å². The first-order valence-electron chi connectivity index (χ1n) is 22.7.